The molecule has 34 heavy (non-hydrogen) atoms. The second kappa shape index (κ2) is 10.6. The third kappa shape index (κ3) is 6.20. The first-order valence-corrected chi connectivity index (χ1v) is 11.0. The molecule has 2 amide bonds. The van der Waals surface area contributed by atoms with Crippen LogP contribution in [0.3, 0.4) is 0 Å². The molecule has 9 nitrogen and oxygen atoms in total. The fourth-order valence-electron chi connectivity index (χ4n) is 3.05. The lowest BCUT2D eigenvalue weighted by Crippen LogP contribution is -2.26. The molecule has 10 heteroatoms. The SMILES string of the molecule is CC(=O)Nc1nc(C=Cc2ccc([N+](=O)[O-])cc2)c(CN(C)C(=O)c2ccc(C(C)=O)cc2)s1. The Morgan fingerprint density at radius 1 is 1.03 bits per heavy atom. The van der Waals surface area contributed by atoms with Crippen LogP contribution in [-0.4, -0.2) is 39.5 Å². The molecule has 3 rings (SSSR count). The minimum atomic E-state index is -0.466. The standard InChI is InChI=1S/C24H22N4O5S/c1-15(29)18-7-9-19(10-8-18)23(31)27(3)14-22-21(26-24(34-22)25-16(2)30)13-6-17-4-11-20(12-5-17)28(32)33/h4-13H,14H2,1-3H3,(H,25,26,30). The minimum absolute atomic E-state index is 0.00378. The van der Waals surface area contributed by atoms with Gasteiger partial charge in [0, 0.05) is 37.2 Å². The molecule has 3 aromatic rings. The summed E-state index contributed by atoms with van der Waals surface area (Å²) in [6, 6.07) is 12.5. The smallest absolute Gasteiger partial charge is 0.269 e. The Balaban J connectivity index is 1.82. The molecule has 174 valence electrons. The van der Waals surface area contributed by atoms with Crippen molar-refractivity contribution in [3.05, 3.63) is 85.9 Å². The van der Waals surface area contributed by atoms with Crippen molar-refractivity contribution in [2.24, 2.45) is 0 Å². The minimum Gasteiger partial charge on any atom is -0.336 e. The molecule has 0 aliphatic heterocycles. The number of amides is 2. The summed E-state index contributed by atoms with van der Waals surface area (Å²) in [5.74, 6) is -0.567. The maximum absolute atomic E-state index is 12.9. The summed E-state index contributed by atoms with van der Waals surface area (Å²) in [6.07, 6.45) is 3.49. The van der Waals surface area contributed by atoms with Crippen molar-refractivity contribution in [1.82, 2.24) is 9.88 Å². The van der Waals surface area contributed by atoms with Gasteiger partial charge in [-0.3, -0.25) is 24.5 Å². The Morgan fingerprint density at radius 2 is 1.65 bits per heavy atom. The zero-order chi connectivity index (χ0) is 24.8. The highest BCUT2D eigenvalue weighted by Crippen LogP contribution is 2.27. The van der Waals surface area contributed by atoms with Crippen molar-refractivity contribution < 1.29 is 19.3 Å². The van der Waals surface area contributed by atoms with E-state index in [1.165, 1.54) is 42.2 Å². The molecule has 1 aromatic heterocycles. The van der Waals surface area contributed by atoms with Gasteiger partial charge in [-0.2, -0.15) is 0 Å². The zero-order valence-electron chi connectivity index (χ0n) is 18.8. The second-order valence-corrected chi connectivity index (χ2v) is 8.57. The molecule has 0 atom stereocenters. The largest absolute Gasteiger partial charge is 0.336 e. The molecule has 1 heterocycles. The summed E-state index contributed by atoms with van der Waals surface area (Å²) >= 11 is 1.25. The number of anilines is 1. The number of nitrogens with one attached hydrogen (secondary N) is 1. The second-order valence-electron chi connectivity index (χ2n) is 7.49. The Kier molecular flexibility index (Phi) is 7.64. The molecule has 0 aliphatic rings. The molecule has 1 N–H and O–H groups in total. The van der Waals surface area contributed by atoms with E-state index in [4.69, 9.17) is 0 Å². The number of nitro groups is 1. The molecule has 0 bridgehead atoms. The number of hydrogen-bond acceptors (Lipinski definition) is 7. The van der Waals surface area contributed by atoms with E-state index in [0.717, 1.165) is 10.4 Å². The number of carbonyl (C=O) groups excluding carboxylic acids is 3. The third-order valence-electron chi connectivity index (χ3n) is 4.81. The highest BCUT2D eigenvalue weighted by molar-refractivity contribution is 7.16. The number of Topliss-reactive ketones (excluding diaryl/α,β-unsaturated/α-hetero) is 1. The molecule has 0 spiro atoms. The molecular formula is C24H22N4O5S. The van der Waals surface area contributed by atoms with Crippen LogP contribution in [0.25, 0.3) is 12.2 Å². The summed E-state index contributed by atoms with van der Waals surface area (Å²) in [6.45, 7) is 3.09. The van der Waals surface area contributed by atoms with E-state index in [-0.39, 0.29) is 29.8 Å². The monoisotopic (exact) mass is 478 g/mol. The normalized spacial score (nSPS) is 10.8. The van der Waals surface area contributed by atoms with E-state index < -0.39 is 4.92 Å². The number of rotatable bonds is 8. The van der Waals surface area contributed by atoms with Crippen LogP contribution < -0.4 is 5.32 Å². The van der Waals surface area contributed by atoms with Crippen molar-refractivity contribution in [3.8, 4) is 0 Å². The molecule has 0 radical (unpaired) electrons. The number of non-ortho nitro benzene ring substituents is 1. The third-order valence-corrected chi connectivity index (χ3v) is 5.79. The van der Waals surface area contributed by atoms with Crippen LogP contribution in [0.1, 0.15) is 50.7 Å². The number of benzene rings is 2. The maximum Gasteiger partial charge on any atom is 0.269 e. The Labute approximate surface area is 199 Å². The van der Waals surface area contributed by atoms with Crippen molar-refractivity contribution in [2.45, 2.75) is 20.4 Å². The van der Waals surface area contributed by atoms with Gasteiger partial charge in [-0.25, -0.2) is 4.98 Å². The first-order valence-electron chi connectivity index (χ1n) is 10.2. The number of nitro benzene ring substituents is 1. The van der Waals surface area contributed by atoms with Gasteiger partial charge in [0.25, 0.3) is 11.6 Å². The first-order chi connectivity index (χ1) is 16.1. The fraction of sp³-hybridized carbons (Fsp3) is 0.167. The van der Waals surface area contributed by atoms with Gasteiger partial charge in [0.05, 0.1) is 22.0 Å². The van der Waals surface area contributed by atoms with E-state index in [9.17, 15) is 24.5 Å². The Bertz CT molecular complexity index is 1260. The van der Waals surface area contributed by atoms with E-state index in [1.807, 2.05) is 0 Å². The van der Waals surface area contributed by atoms with Gasteiger partial charge in [0.15, 0.2) is 10.9 Å². The number of aromatic nitrogens is 1. The van der Waals surface area contributed by atoms with E-state index >= 15 is 0 Å². The van der Waals surface area contributed by atoms with Crippen LogP contribution in [0.4, 0.5) is 10.8 Å². The summed E-state index contributed by atoms with van der Waals surface area (Å²) in [4.78, 5) is 52.9. The Morgan fingerprint density at radius 3 is 2.21 bits per heavy atom. The zero-order valence-corrected chi connectivity index (χ0v) is 19.6. The van der Waals surface area contributed by atoms with E-state index in [0.29, 0.717) is 22.0 Å². The molecule has 0 aliphatic carbocycles. The molecule has 2 aromatic carbocycles. The van der Waals surface area contributed by atoms with Gasteiger partial charge >= 0.3 is 0 Å². The van der Waals surface area contributed by atoms with Gasteiger partial charge in [-0.1, -0.05) is 29.5 Å². The van der Waals surface area contributed by atoms with Gasteiger partial charge in [0.2, 0.25) is 5.91 Å². The highest BCUT2D eigenvalue weighted by Gasteiger charge is 2.17. The predicted molar refractivity (Wildman–Crippen MR) is 131 cm³/mol. The molecule has 0 saturated heterocycles. The molecule has 0 unspecified atom stereocenters. The molecule has 0 fully saturated rings. The fourth-order valence-corrected chi connectivity index (χ4v) is 4.10. The lowest BCUT2D eigenvalue weighted by Gasteiger charge is -2.16. The van der Waals surface area contributed by atoms with Gasteiger partial charge in [-0.15, -0.1) is 0 Å². The number of carbonyl (C=O) groups is 3. The van der Waals surface area contributed by atoms with Crippen LogP contribution in [0.5, 0.6) is 0 Å². The summed E-state index contributed by atoms with van der Waals surface area (Å²) in [5, 5.41) is 13.9. The highest BCUT2D eigenvalue weighted by atomic mass is 32.1. The predicted octanol–water partition coefficient (Wildman–Crippen LogP) is 4.65. The van der Waals surface area contributed by atoms with Crippen molar-refractivity contribution >= 4 is 51.9 Å². The quantitative estimate of drug-likeness (QED) is 0.285. The maximum atomic E-state index is 12.9. The van der Waals surface area contributed by atoms with Gasteiger partial charge in [-0.05, 0) is 42.8 Å². The van der Waals surface area contributed by atoms with Crippen LogP contribution in [-0.2, 0) is 11.3 Å². The van der Waals surface area contributed by atoms with Crippen molar-refractivity contribution in [2.75, 3.05) is 12.4 Å². The summed E-state index contributed by atoms with van der Waals surface area (Å²) in [7, 11) is 1.66. The Hall–Kier alpha value is -4.18. The van der Waals surface area contributed by atoms with E-state index in [2.05, 4.69) is 10.3 Å². The van der Waals surface area contributed by atoms with Crippen molar-refractivity contribution in [1.29, 1.82) is 0 Å². The lowest BCUT2D eigenvalue weighted by atomic mass is 10.1. The summed E-state index contributed by atoms with van der Waals surface area (Å²) < 4.78 is 0. The lowest BCUT2D eigenvalue weighted by molar-refractivity contribution is -0.384. The number of hydrogen-bond donors (Lipinski definition) is 1. The average Bonchev–Trinajstić information content (AvgIpc) is 3.17. The van der Waals surface area contributed by atoms with Gasteiger partial charge < -0.3 is 10.2 Å². The van der Waals surface area contributed by atoms with Crippen molar-refractivity contribution in [3.63, 3.8) is 0 Å². The summed E-state index contributed by atoms with van der Waals surface area (Å²) in [5.41, 5.74) is 2.28. The average molecular weight is 479 g/mol. The number of nitrogens with zero attached hydrogens (tertiary/aromatic N) is 3. The number of ketones is 1. The topological polar surface area (TPSA) is 123 Å². The van der Waals surface area contributed by atoms with Gasteiger partial charge in [0.1, 0.15) is 0 Å². The molecule has 0 saturated carbocycles. The van der Waals surface area contributed by atoms with Crippen LogP contribution in [0.2, 0.25) is 0 Å². The number of thiazole rings is 1. The van der Waals surface area contributed by atoms with Crippen LogP contribution in [0.15, 0.2) is 48.5 Å². The van der Waals surface area contributed by atoms with E-state index in [1.54, 1.807) is 55.6 Å². The first kappa shape index (κ1) is 24.5. The van der Waals surface area contributed by atoms with Crippen LogP contribution >= 0.6 is 11.3 Å². The molecular weight excluding hydrogens is 456 g/mol. The van der Waals surface area contributed by atoms with Crippen LogP contribution in [0, 0.1) is 10.1 Å².